The fourth-order valence-corrected chi connectivity index (χ4v) is 3.87. The van der Waals surface area contributed by atoms with E-state index in [1.54, 1.807) is 30.3 Å². The zero-order valence-corrected chi connectivity index (χ0v) is 20.0. The van der Waals surface area contributed by atoms with Crippen LogP contribution >= 0.6 is 11.6 Å². The largest absolute Gasteiger partial charge is 0.489 e. The molecule has 4 aromatic rings. The number of carbonyl (C=O) groups excluding carboxylic acids is 1. The molecule has 1 heterocycles. The van der Waals surface area contributed by atoms with Crippen LogP contribution in [0.2, 0.25) is 5.02 Å². The lowest BCUT2D eigenvalue weighted by molar-refractivity contribution is -0.384. The van der Waals surface area contributed by atoms with Crippen molar-refractivity contribution in [1.29, 1.82) is 0 Å². The second-order valence-corrected chi connectivity index (χ2v) is 8.46. The lowest BCUT2D eigenvalue weighted by atomic mass is 10.1. The van der Waals surface area contributed by atoms with Gasteiger partial charge in [0, 0.05) is 22.7 Å². The average Bonchev–Trinajstić information content (AvgIpc) is 3.10. The molecule has 0 aliphatic rings. The van der Waals surface area contributed by atoms with Gasteiger partial charge in [0.25, 0.3) is 11.6 Å². The lowest BCUT2D eigenvalue weighted by Crippen LogP contribution is -2.14. The molecule has 0 bridgehead atoms. The lowest BCUT2D eigenvalue weighted by Gasteiger charge is -2.10. The van der Waals surface area contributed by atoms with E-state index >= 15 is 0 Å². The van der Waals surface area contributed by atoms with Crippen molar-refractivity contribution < 1.29 is 14.5 Å². The fraction of sp³-hybridized carbons (Fsp3) is 0.154. The predicted octanol–water partition coefficient (Wildman–Crippen LogP) is 5.94. The Labute approximate surface area is 207 Å². The van der Waals surface area contributed by atoms with Gasteiger partial charge in [-0.05, 0) is 61.4 Å². The minimum absolute atomic E-state index is 0.00232. The van der Waals surface area contributed by atoms with Crippen molar-refractivity contribution in [3.63, 3.8) is 0 Å². The number of nitrogens with zero attached hydrogens (tertiary/aromatic N) is 3. The molecule has 0 radical (unpaired) electrons. The van der Waals surface area contributed by atoms with Gasteiger partial charge in [-0.2, -0.15) is 5.10 Å². The number of carbonyl (C=O) groups is 1. The third-order valence-electron chi connectivity index (χ3n) is 5.48. The molecule has 0 unspecified atom stereocenters. The zero-order valence-electron chi connectivity index (χ0n) is 19.2. The maximum Gasteiger partial charge on any atom is 0.269 e. The van der Waals surface area contributed by atoms with E-state index in [1.807, 2.05) is 48.9 Å². The summed E-state index contributed by atoms with van der Waals surface area (Å²) < 4.78 is 7.55. The van der Waals surface area contributed by atoms with Gasteiger partial charge in [-0.25, -0.2) is 0 Å². The monoisotopic (exact) mass is 490 g/mol. The van der Waals surface area contributed by atoms with E-state index in [-0.39, 0.29) is 18.2 Å². The number of ether oxygens (including phenoxy) is 1. The van der Waals surface area contributed by atoms with Crippen molar-refractivity contribution in [2.45, 2.75) is 27.0 Å². The van der Waals surface area contributed by atoms with Crippen LogP contribution in [0, 0.1) is 24.0 Å². The minimum Gasteiger partial charge on any atom is -0.489 e. The van der Waals surface area contributed by atoms with Crippen molar-refractivity contribution >= 4 is 28.9 Å². The van der Waals surface area contributed by atoms with Crippen molar-refractivity contribution in [2.75, 3.05) is 5.32 Å². The second kappa shape index (κ2) is 10.4. The van der Waals surface area contributed by atoms with Crippen LogP contribution in [0.5, 0.6) is 5.75 Å². The molecule has 0 saturated heterocycles. The maximum absolute atomic E-state index is 13.0. The first-order valence-corrected chi connectivity index (χ1v) is 11.2. The Kier molecular flexibility index (Phi) is 7.12. The summed E-state index contributed by atoms with van der Waals surface area (Å²) in [5, 5.41) is 19.0. The Morgan fingerprint density at radius 1 is 1.06 bits per heavy atom. The Morgan fingerprint density at radius 2 is 1.77 bits per heavy atom. The number of non-ortho nitro benzene ring substituents is 1. The molecular weight excluding hydrogens is 468 g/mol. The topological polar surface area (TPSA) is 99.3 Å². The number of hydrogen-bond acceptors (Lipinski definition) is 5. The summed E-state index contributed by atoms with van der Waals surface area (Å²) in [6, 6.07) is 20.6. The number of hydrogen-bond donors (Lipinski definition) is 1. The molecule has 178 valence electrons. The minimum atomic E-state index is -0.462. The van der Waals surface area contributed by atoms with Gasteiger partial charge < -0.3 is 10.1 Å². The van der Waals surface area contributed by atoms with Gasteiger partial charge in [-0.1, -0.05) is 35.9 Å². The van der Waals surface area contributed by atoms with Gasteiger partial charge in [0.15, 0.2) is 0 Å². The number of nitro benzene ring substituents is 1. The Hall–Kier alpha value is -4.17. The molecule has 1 aromatic heterocycles. The molecule has 0 aliphatic carbocycles. The third-order valence-corrected chi connectivity index (χ3v) is 5.72. The molecule has 8 nitrogen and oxygen atoms in total. The van der Waals surface area contributed by atoms with Crippen LogP contribution in [-0.2, 0) is 13.2 Å². The molecule has 4 rings (SSSR count). The first-order valence-electron chi connectivity index (χ1n) is 10.9. The highest BCUT2D eigenvalue weighted by Crippen LogP contribution is 2.23. The summed E-state index contributed by atoms with van der Waals surface area (Å²) in [6.07, 6.45) is 0. The van der Waals surface area contributed by atoms with Crippen molar-refractivity contribution in [3.8, 4) is 5.75 Å². The average molecular weight is 491 g/mol. The molecule has 0 atom stereocenters. The van der Waals surface area contributed by atoms with Crippen LogP contribution in [0.25, 0.3) is 0 Å². The quantitative estimate of drug-likeness (QED) is 0.243. The molecule has 35 heavy (non-hydrogen) atoms. The number of rotatable bonds is 8. The highest BCUT2D eigenvalue weighted by Gasteiger charge is 2.16. The number of benzene rings is 3. The van der Waals surface area contributed by atoms with Gasteiger partial charge in [0.05, 0.1) is 28.5 Å². The second-order valence-electron chi connectivity index (χ2n) is 8.03. The van der Waals surface area contributed by atoms with Crippen LogP contribution in [-0.4, -0.2) is 20.6 Å². The normalized spacial score (nSPS) is 10.7. The Bertz CT molecular complexity index is 1380. The fourth-order valence-electron chi connectivity index (χ4n) is 3.66. The number of aromatic nitrogens is 2. The van der Waals surface area contributed by atoms with Crippen LogP contribution in [0.15, 0.2) is 72.8 Å². The van der Waals surface area contributed by atoms with Crippen molar-refractivity contribution in [1.82, 2.24) is 9.78 Å². The van der Waals surface area contributed by atoms with Crippen LogP contribution in [0.3, 0.4) is 0 Å². The summed E-state index contributed by atoms with van der Waals surface area (Å²) in [4.78, 5) is 23.3. The molecule has 1 N–H and O–H groups in total. The van der Waals surface area contributed by atoms with Gasteiger partial charge in [-0.3, -0.25) is 19.6 Å². The number of amides is 1. The molecule has 0 saturated carbocycles. The molecule has 0 aliphatic heterocycles. The number of nitro groups is 1. The maximum atomic E-state index is 13.0. The van der Waals surface area contributed by atoms with E-state index < -0.39 is 4.92 Å². The van der Waals surface area contributed by atoms with Gasteiger partial charge in [0.1, 0.15) is 12.4 Å². The first-order chi connectivity index (χ1) is 16.8. The zero-order chi connectivity index (χ0) is 24.9. The SMILES string of the molecule is Cc1nn(Cc2cccc(Cl)c2)c(C)c1NC(=O)c1cccc(COc2ccc([N+](=O)[O-])cc2)c1. The summed E-state index contributed by atoms with van der Waals surface area (Å²) in [5.41, 5.74) is 4.52. The van der Waals surface area contributed by atoms with E-state index in [4.69, 9.17) is 16.3 Å². The van der Waals surface area contributed by atoms with Crippen LogP contribution in [0.1, 0.15) is 32.9 Å². The standard InChI is InChI=1S/C26H23ClN4O4/c1-17-25(18(2)30(29-17)15-19-5-4-8-22(27)14-19)28-26(32)21-7-3-6-20(13-21)16-35-24-11-9-23(10-12-24)31(33)34/h3-14H,15-16H2,1-2H3,(H,28,32). The molecule has 0 fully saturated rings. The number of nitrogens with one attached hydrogen (secondary N) is 1. The number of anilines is 1. The number of halogens is 1. The predicted molar refractivity (Wildman–Crippen MR) is 134 cm³/mol. The molecular formula is C26H23ClN4O4. The van der Waals surface area contributed by atoms with Gasteiger partial charge in [0.2, 0.25) is 0 Å². The van der Waals surface area contributed by atoms with E-state index in [2.05, 4.69) is 10.4 Å². The molecule has 9 heteroatoms. The van der Waals surface area contributed by atoms with E-state index in [9.17, 15) is 14.9 Å². The van der Waals surface area contributed by atoms with Crippen molar-refractivity contribution in [3.05, 3.63) is 116 Å². The van der Waals surface area contributed by atoms with E-state index in [0.29, 0.717) is 28.6 Å². The molecule has 0 spiro atoms. The van der Waals surface area contributed by atoms with Gasteiger partial charge in [-0.15, -0.1) is 0 Å². The highest BCUT2D eigenvalue weighted by atomic mass is 35.5. The van der Waals surface area contributed by atoms with Crippen molar-refractivity contribution in [2.24, 2.45) is 0 Å². The molecule has 3 aromatic carbocycles. The van der Waals surface area contributed by atoms with Crippen LogP contribution < -0.4 is 10.1 Å². The van der Waals surface area contributed by atoms with Crippen LogP contribution in [0.4, 0.5) is 11.4 Å². The summed E-state index contributed by atoms with van der Waals surface area (Å²) in [7, 11) is 0. The summed E-state index contributed by atoms with van der Waals surface area (Å²) in [5.74, 6) is 0.250. The molecule has 1 amide bonds. The van der Waals surface area contributed by atoms with E-state index in [1.165, 1.54) is 12.1 Å². The highest BCUT2D eigenvalue weighted by molar-refractivity contribution is 6.30. The van der Waals surface area contributed by atoms with Gasteiger partial charge >= 0.3 is 0 Å². The number of aryl methyl sites for hydroxylation is 1. The smallest absolute Gasteiger partial charge is 0.269 e. The Balaban J connectivity index is 1.43. The van der Waals surface area contributed by atoms with E-state index in [0.717, 1.165) is 22.5 Å². The Morgan fingerprint density at radius 3 is 2.49 bits per heavy atom. The third kappa shape index (κ3) is 5.85. The summed E-state index contributed by atoms with van der Waals surface area (Å²) >= 11 is 6.09. The summed E-state index contributed by atoms with van der Waals surface area (Å²) in [6.45, 7) is 4.52. The first kappa shape index (κ1) is 24.0.